The van der Waals surface area contributed by atoms with E-state index in [1.54, 1.807) is 0 Å². The Kier molecular flexibility index (Phi) is 3.95. The molecule has 0 bridgehead atoms. The summed E-state index contributed by atoms with van der Waals surface area (Å²) in [7, 11) is 0. The van der Waals surface area contributed by atoms with E-state index < -0.39 is 0 Å². The van der Waals surface area contributed by atoms with E-state index in [2.05, 4.69) is 17.1 Å². The lowest BCUT2D eigenvalue weighted by atomic mass is 9.82. The Labute approximate surface area is 113 Å². The van der Waals surface area contributed by atoms with E-state index in [1.807, 2.05) is 0 Å². The van der Waals surface area contributed by atoms with Crippen LogP contribution in [0.5, 0.6) is 0 Å². The van der Waals surface area contributed by atoms with Crippen LogP contribution in [0.3, 0.4) is 0 Å². The molecule has 2 aliphatic carbocycles. The summed E-state index contributed by atoms with van der Waals surface area (Å²) in [4.78, 5) is 2.85. The largest absolute Gasteiger partial charge is 0.316 e. The van der Waals surface area contributed by atoms with Crippen LogP contribution >= 0.6 is 0 Å². The van der Waals surface area contributed by atoms with Gasteiger partial charge < -0.3 is 10.2 Å². The van der Waals surface area contributed by atoms with Crippen LogP contribution < -0.4 is 5.32 Å². The highest BCUT2D eigenvalue weighted by Gasteiger charge is 2.37. The fourth-order valence-corrected chi connectivity index (χ4v) is 3.76. The molecular formula is C16H30N2. The Morgan fingerprint density at radius 2 is 1.78 bits per heavy atom. The van der Waals surface area contributed by atoms with E-state index in [4.69, 9.17) is 0 Å². The maximum atomic E-state index is 3.61. The second-order valence-corrected chi connectivity index (χ2v) is 7.26. The molecule has 0 aromatic rings. The van der Waals surface area contributed by atoms with Gasteiger partial charge in [0.2, 0.25) is 0 Å². The molecule has 2 heteroatoms. The van der Waals surface area contributed by atoms with Gasteiger partial charge in [0.25, 0.3) is 0 Å². The summed E-state index contributed by atoms with van der Waals surface area (Å²) < 4.78 is 0. The molecule has 3 rings (SSSR count). The molecule has 3 fully saturated rings. The first-order valence-corrected chi connectivity index (χ1v) is 8.23. The van der Waals surface area contributed by atoms with Crippen LogP contribution in [0.15, 0.2) is 0 Å². The normalized spacial score (nSPS) is 32.3. The van der Waals surface area contributed by atoms with E-state index in [9.17, 15) is 0 Å². The second-order valence-electron chi connectivity index (χ2n) is 7.26. The van der Waals surface area contributed by atoms with Crippen molar-refractivity contribution >= 4 is 0 Å². The van der Waals surface area contributed by atoms with Crippen LogP contribution in [0.1, 0.15) is 51.9 Å². The molecule has 0 aromatic carbocycles. The maximum Gasteiger partial charge on any atom is 0.00508 e. The van der Waals surface area contributed by atoms with Crippen molar-refractivity contribution in [2.45, 2.75) is 51.9 Å². The van der Waals surface area contributed by atoms with Crippen molar-refractivity contribution in [3.05, 3.63) is 0 Å². The number of nitrogens with zero attached hydrogens (tertiary/aromatic N) is 1. The molecule has 1 unspecified atom stereocenters. The van der Waals surface area contributed by atoms with Gasteiger partial charge in [-0.05, 0) is 62.3 Å². The fraction of sp³-hybridized carbons (Fsp3) is 1.00. The van der Waals surface area contributed by atoms with E-state index in [1.165, 1.54) is 77.7 Å². The van der Waals surface area contributed by atoms with Crippen LogP contribution in [0.25, 0.3) is 0 Å². The molecule has 1 saturated heterocycles. The van der Waals surface area contributed by atoms with E-state index >= 15 is 0 Å². The lowest BCUT2D eigenvalue weighted by Crippen LogP contribution is -2.41. The van der Waals surface area contributed by atoms with Gasteiger partial charge in [-0.15, -0.1) is 0 Å². The van der Waals surface area contributed by atoms with Crippen molar-refractivity contribution in [2.24, 2.45) is 17.3 Å². The molecule has 1 atom stereocenters. The Bertz CT molecular complexity index is 248. The number of hydrogen-bond donors (Lipinski definition) is 1. The first kappa shape index (κ1) is 12.9. The molecule has 2 saturated carbocycles. The van der Waals surface area contributed by atoms with Gasteiger partial charge in [0.1, 0.15) is 0 Å². The predicted octanol–water partition coefficient (Wildman–Crippen LogP) is 2.89. The molecule has 1 heterocycles. The van der Waals surface area contributed by atoms with Crippen LogP contribution in [0, 0.1) is 17.3 Å². The quantitative estimate of drug-likeness (QED) is 0.712. The van der Waals surface area contributed by atoms with Gasteiger partial charge in [0, 0.05) is 26.2 Å². The fourth-order valence-electron chi connectivity index (χ4n) is 3.76. The van der Waals surface area contributed by atoms with Crippen molar-refractivity contribution in [2.75, 3.05) is 32.7 Å². The Hall–Kier alpha value is -0.0800. The smallest absolute Gasteiger partial charge is 0.00508 e. The van der Waals surface area contributed by atoms with E-state index in [0.29, 0.717) is 5.41 Å². The highest BCUT2D eigenvalue weighted by Crippen LogP contribution is 2.37. The topological polar surface area (TPSA) is 15.3 Å². The van der Waals surface area contributed by atoms with Crippen LogP contribution in [0.4, 0.5) is 0 Å². The molecule has 1 aliphatic heterocycles. The van der Waals surface area contributed by atoms with E-state index in [-0.39, 0.29) is 0 Å². The van der Waals surface area contributed by atoms with E-state index in [0.717, 1.165) is 11.8 Å². The van der Waals surface area contributed by atoms with Gasteiger partial charge in [-0.3, -0.25) is 0 Å². The third-order valence-electron chi connectivity index (χ3n) is 5.10. The molecule has 104 valence electrons. The first-order valence-electron chi connectivity index (χ1n) is 8.23. The molecule has 2 nitrogen and oxygen atoms in total. The van der Waals surface area contributed by atoms with Gasteiger partial charge in [-0.1, -0.05) is 13.3 Å². The summed E-state index contributed by atoms with van der Waals surface area (Å²) in [6, 6.07) is 0. The van der Waals surface area contributed by atoms with Gasteiger partial charge >= 0.3 is 0 Å². The number of rotatable bonds is 8. The average Bonchev–Trinajstić information content (AvgIpc) is 3.24. The Morgan fingerprint density at radius 3 is 2.22 bits per heavy atom. The minimum atomic E-state index is 0.610. The molecule has 18 heavy (non-hydrogen) atoms. The summed E-state index contributed by atoms with van der Waals surface area (Å²) in [5.41, 5.74) is 0.610. The monoisotopic (exact) mass is 250 g/mol. The standard InChI is InChI=1S/C16H30N2/c1-2-7-16(8-9-17-12-16)13-18(10-14-3-4-14)11-15-5-6-15/h14-15,17H,2-13H2,1H3. The third kappa shape index (κ3) is 3.48. The minimum absolute atomic E-state index is 0.610. The summed E-state index contributed by atoms with van der Waals surface area (Å²) >= 11 is 0. The van der Waals surface area contributed by atoms with Gasteiger partial charge in [-0.2, -0.15) is 0 Å². The molecule has 0 amide bonds. The summed E-state index contributed by atoms with van der Waals surface area (Å²) in [5, 5.41) is 3.61. The van der Waals surface area contributed by atoms with Crippen LogP contribution in [0.2, 0.25) is 0 Å². The van der Waals surface area contributed by atoms with Crippen molar-refractivity contribution < 1.29 is 0 Å². The van der Waals surface area contributed by atoms with Gasteiger partial charge in [-0.25, -0.2) is 0 Å². The molecule has 1 N–H and O–H groups in total. The molecule has 0 radical (unpaired) electrons. The number of nitrogens with one attached hydrogen (secondary N) is 1. The third-order valence-corrected chi connectivity index (χ3v) is 5.10. The zero-order valence-electron chi connectivity index (χ0n) is 12.1. The molecule has 0 spiro atoms. The lowest BCUT2D eigenvalue weighted by molar-refractivity contribution is 0.142. The Balaban J connectivity index is 1.57. The molecule has 0 aromatic heterocycles. The summed E-state index contributed by atoms with van der Waals surface area (Å²) in [6.07, 6.45) is 10.2. The lowest BCUT2D eigenvalue weighted by Gasteiger charge is -2.35. The number of hydrogen-bond acceptors (Lipinski definition) is 2. The zero-order chi connectivity index (χ0) is 12.4. The zero-order valence-corrected chi connectivity index (χ0v) is 12.1. The highest BCUT2D eigenvalue weighted by atomic mass is 15.2. The Morgan fingerprint density at radius 1 is 1.11 bits per heavy atom. The van der Waals surface area contributed by atoms with Crippen molar-refractivity contribution in [3.8, 4) is 0 Å². The highest BCUT2D eigenvalue weighted by molar-refractivity contribution is 4.92. The van der Waals surface area contributed by atoms with Gasteiger partial charge in [0.05, 0.1) is 0 Å². The molecular weight excluding hydrogens is 220 g/mol. The first-order chi connectivity index (χ1) is 8.80. The van der Waals surface area contributed by atoms with Crippen molar-refractivity contribution in [1.82, 2.24) is 10.2 Å². The second kappa shape index (κ2) is 5.50. The van der Waals surface area contributed by atoms with Gasteiger partial charge in [0.15, 0.2) is 0 Å². The predicted molar refractivity (Wildman–Crippen MR) is 76.7 cm³/mol. The van der Waals surface area contributed by atoms with Crippen LogP contribution in [-0.4, -0.2) is 37.6 Å². The summed E-state index contributed by atoms with van der Waals surface area (Å²) in [6.45, 7) is 9.06. The van der Waals surface area contributed by atoms with Crippen molar-refractivity contribution in [3.63, 3.8) is 0 Å². The van der Waals surface area contributed by atoms with Crippen LogP contribution in [-0.2, 0) is 0 Å². The van der Waals surface area contributed by atoms with Crippen molar-refractivity contribution in [1.29, 1.82) is 0 Å². The SMILES string of the molecule is CCCC1(CN(CC2CC2)CC2CC2)CCNC1. The summed E-state index contributed by atoms with van der Waals surface area (Å²) in [5.74, 6) is 2.11. The molecule has 3 aliphatic rings. The minimum Gasteiger partial charge on any atom is -0.316 e. The maximum absolute atomic E-state index is 3.61. The average molecular weight is 250 g/mol.